The Labute approximate surface area is 517 Å². The third kappa shape index (κ3) is 10.6. The van der Waals surface area contributed by atoms with E-state index in [0.29, 0.717) is 98.7 Å². The molecule has 10 aliphatic heterocycles. The van der Waals surface area contributed by atoms with Gasteiger partial charge in [0.05, 0.1) is 98.7 Å². The van der Waals surface area contributed by atoms with Gasteiger partial charge >= 0.3 is 0 Å². The molecule has 17 heteroatoms. The predicted octanol–water partition coefficient (Wildman–Crippen LogP) is 5.21. The van der Waals surface area contributed by atoms with Crippen molar-refractivity contribution in [2.45, 2.75) is 304 Å². The minimum Gasteiger partial charge on any atom is -0.286 e. The second-order valence-electron chi connectivity index (χ2n) is 31.2. The van der Waals surface area contributed by atoms with Gasteiger partial charge in [-0.25, -0.2) is 0 Å². The number of rotatable bonds is 0. The summed E-state index contributed by atoms with van der Waals surface area (Å²) in [5.74, 6) is 11.9. The van der Waals surface area contributed by atoms with Gasteiger partial charge in [0.1, 0.15) is 0 Å². The molecule has 463 valence electrons. The van der Waals surface area contributed by atoms with Crippen molar-refractivity contribution < 1.29 is 36.9 Å². The first-order chi connectivity index (χ1) is 39.6. The predicted molar refractivity (Wildman–Crippen MR) is 314 cm³/mol. The van der Waals surface area contributed by atoms with Crippen LogP contribution in [0.4, 0.5) is 0 Å². The van der Waals surface area contributed by atoms with Gasteiger partial charge in [0, 0.05) is 36.9 Å². The van der Waals surface area contributed by atoms with Crippen LogP contribution in [0.5, 0.6) is 0 Å². The van der Waals surface area contributed by atoms with Crippen molar-refractivity contribution in [3.8, 4) is 0 Å². The fraction of sp³-hybridized carbons (Fsp3) is 1.00. The van der Waals surface area contributed by atoms with E-state index < -0.39 is 0 Å². The molecule has 16 bridgehead atoms. The molecule has 0 spiro atoms. The standard InChI is InChI=1S/2C32H56N8.Lu/c2*1-2-10-18-17(9-1)25-33-26(18)38-28-21-13-5-6-14-22(21)30(35-28)40-32-24-16-8-7-15-23(24)31(36-32)39-29-20-12-4-3-11-19(20)27(34-29)37-25;/h2*17-40H,1-16H2;. The van der Waals surface area contributed by atoms with E-state index in [1.165, 1.54) is 205 Å². The number of nitrogens with one attached hydrogen (secondary N) is 16. The van der Waals surface area contributed by atoms with Crippen LogP contribution in [-0.4, -0.2) is 98.7 Å². The largest absolute Gasteiger partial charge is 0.286 e. The summed E-state index contributed by atoms with van der Waals surface area (Å²) in [7, 11) is 0. The summed E-state index contributed by atoms with van der Waals surface area (Å²) >= 11 is 0. The summed E-state index contributed by atoms with van der Waals surface area (Å²) in [6, 6.07) is 0. The average Bonchev–Trinajstić information content (AvgIpc) is 4.47. The zero-order valence-corrected chi connectivity index (χ0v) is 51.0. The minimum absolute atomic E-state index is 0. The first-order valence-corrected chi connectivity index (χ1v) is 35.8. The minimum atomic E-state index is 0. The third-order valence-corrected chi connectivity index (χ3v) is 27.6. The molecular weight excluding hydrogens is 1170 g/mol. The Balaban J connectivity index is 0.000000132. The van der Waals surface area contributed by atoms with Crippen LogP contribution in [0.2, 0.25) is 0 Å². The molecule has 18 rings (SSSR count). The van der Waals surface area contributed by atoms with Gasteiger partial charge in [0.2, 0.25) is 0 Å². The van der Waals surface area contributed by atoms with Crippen molar-refractivity contribution in [2.24, 2.45) is 94.7 Å². The SMILES string of the molecule is C1CCC2C3NC(NC4NC(NC5NC(NC6NC(N3)C3CCCCC63)C3CCCCC53)C3CCCCC43)C2C1.C1CCC2C3NC(NC4NC(NC5NC(NC6NC(N3)C3CCCCC63)C3CCCCC53)C3CCCCC43)C2C1.[Lu]. The molecule has 16 atom stereocenters. The van der Waals surface area contributed by atoms with E-state index in [-0.39, 0.29) is 36.9 Å². The van der Waals surface area contributed by atoms with Crippen molar-refractivity contribution >= 4 is 0 Å². The van der Waals surface area contributed by atoms with Crippen LogP contribution < -0.4 is 85.1 Å². The summed E-state index contributed by atoms with van der Waals surface area (Å²) in [6.45, 7) is 0. The summed E-state index contributed by atoms with van der Waals surface area (Å²) in [5, 5.41) is 67.6. The molecule has 0 aromatic rings. The molecule has 0 amide bonds. The molecule has 0 aromatic carbocycles. The third-order valence-electron chi connectivity index (χ3n) is 27.6. The smallest absolute Gasteiger partial charge is 0.0628 e. The van der Waals surface area contributed by atoms with Gasteiger partial charge in [-0.15, -0.1) is 0 Å². The maximum absolute atomic E-state index is 4.26. The van der Waals surface area contributed by atoms with E-state index in [1.54, 1.807) is 0 Å². The van der Waals surface area contributed by atoms with E-state index in [4.69, 9.17) is 0 Å². The molecule has 8 aliphatic carbocycles. The van der Waals surface area contributed by atoms with Crippen molar-refractivity contribution in [2.75, 3.05) is 0 Å². The summed E-state index contributed by atoms with van der Waals surface area (Å²) in [5.41, 5.74) is 0. The first kappa shape index (κ1) is 56.8. The van der Waals surface area contributed by atoms with Gasteiger partial charge in [-0.1, -0.05) is 103 Å². The van der Waals surface area contributed by atoms with E-state index in [0.717, 1.165) is 94.7 Å². The molecule has 81 heavy (non-hydrogen) atoms. The first-order valence-electron chi connectivity index (χ1n) is 35.8. The maximum atomic E-state index is 4.26. The Hall–Kier alpha value is 0.594. The Morgan fingerprint density at radius 2 is 0.173 bits per heavy atom. The Bertz CT molecular complexity index is 1570. The fourth-order valence-corrected chi connectivity index (χ4v) is 23.9. The fourth-order valence-electron chi connectivity index (χ4n) is 23.9. The van der Waals surface area contributed by atoms with Crippen LogP contribution in [0.3, 0.4) is 0 Å². The van der Waals surface area contributed by atoms with Gasteiger partial charge in [-0.2, -0.15) is 0 Å². The van der Waals surface area contributed by atoms with E-state index in [9.17, 15) is 0 Å². The molecule has 16 unspecified atom stereocenters. The van der Waals surface area contributed by atoms with E-state index in [2.05, 4.69) is 85.1 Å². The second kappa shape index (κ2) is 24.4. The second-order valence-corrected chi connectivity index (χ2v) is 31.2. The van der Waals surface area contributed by atoms with E-state index >= 15 is 0 Å². The van der Waals surface area contributed by atoms with Crippen molar-refractivity contribution in [1.29, 1.82) is 0 Å². The Morgan fingerprint density at radius 3 is 0.235 bits per heavy atom. The number of hydrogen-bond acceptors (Lipinski definition) is 16. The van der Waals surface area contributed by atoms with Gasteiger partial charge in [0.25, 0.3) is 0 Å². The van der Waals surface area contributed by atoms with Gasteiger partial charge in [-0.3, -0.25) is 85.1 Å². The molecule has 0 aromatic heterocycles. The van der Waals surface area contributed by atoms with Crippen LogP contribution in [0.15, 0.2) is 0 Å². The number of fused-ring (bicyclic) bond motifs is 40. The van der Waals surface area contributed by atoms with Crippen LogP contribution in [0.25, 0.3) is 0 Å². The molecule has 16 N–H and O–H groups in total. The quantitative estimate of drug-likeness (QED) is 0.151. The topological polar surface area (TPSA) is 192 Å². The monoisotopic (exact) mass is 1280 g/mol. The van der Waals surface area contributed by atoms with Crippen molar-refractivity contribution in [3.05, 3.63) is 0 Å². The van der Waals surface area contributed by atoms with Crippen LogP contribution in [0, 0.1) is 132 Å². The van der Waals surface area contributed by atoms with Gasteiger partial charge < -0.3 is 0 Å². The molecule has 16 nitrogen and oxygen atoms in total. The Morgan fingerprint density at radius 1 is 0.111 bits per heavy atom. The molecule has 18 aliphatic rings. The molecule has 18 fully saturated rings. The number of hydrogen-bond donors (Lipinski definition) is 16. The zero-order chi connectivity index (χ0) is 52.4. The van der Waals surface area contributed by atoms with Crippen molar-refractivity contribution in [1.82, 2.24) is 85.1 Å². The molecule has 8 saturated carbocycles. The molecule has 1 radical (unpaired) electrons. The van der Waals surface area contributed by atoms with E-state index in [1.807, 2.05) is 0 Å². The molecule has 10 heterocycles. The van der Waals surface area contributed by atoms with Gasteiger partial charge in [0.15, 0.2) is 0 Å². The molecule has 10 saturated heterocycles. The summed E-state index contributed by atoms with van der Waals surface area (Å²) < 4.78 is 0. The normalized spacial score (nSPS) is 56.9. The summed E-state index contributed by atoms with van der Waals surface area (Å²) in [4.78, 5) is 0. The maximum Gasteiger partial charge on any atom is 0.0628 e. The Kier molecular flexibility index (Phi) is 17.1. The van der Waals surface area contributed by atoms with Crippen LogP contribution in [0.1, 0.15) is 205 Å². The molecular formula is C64H112LuN16. The average molecular weight is 1280 g/mol. The van der Waals surface area contributed by atoms with Crippen LogP contribution >= 0.6 is 0 Å². The van der Waals surface area contributed by atoms with Crippen LogP contribution in [-0.2, 0) is 0 Å². The summed E-state index contributed by atoms with van der Waals surface area (Å²) in [6.07, 6.45) is 51.1. The van der Waals surface area contributed by atoms with Gasteiger partial charge in [-0.05, 0) is 197 Å². The van der Waals surface area contributed by atoms with Crippen molar-refractivity contribution in [3.63, 3.8) is 0 Å². The zero-order valence-electron chi connectivity index (χ0n) is 49.4.